The van der Waals surface area contributed by atoms with Gasteiger partial charge in [0.15, 0.2) is 0 Å². The molecule has 1 N–H and O–H groups in total. The third-order valence-corrected chi connectivity index (χ3v) is 3.77. The van der Waals surface area contributed by atoms with Crippen LogP contribution in [0.5, 0.6) is 0 Å². The SMILES string of the molecule is CC(C)CNCc1cc(N2CC(C)CC2C)ccn1. The number of hydrogen-bond acceptors (Lipinski definition) is 3. The Bertz CT molecular complexity index is 403. The number of nitrogens with one attached hydrogen (secondary N) is 1. The number of nitrogens with zero attached hydrogens (tertiary/aromatic N) is 2. The Balaban J connectivity index is 1.99. The molecule has 0 bridgehead atoms. The normalized spacial score (nSPS) is 23.3. The summed E-state index contributed by atoms with van der Waals surface area (Å²) in [7, 11) is 0. The molecule has 3 heteroatoms. The lowest BCUT2D eigenvalue weighted by molar-refractivity contribution is 0.548. The van der Waals surface area contributed by atoms with E-state index in [1.807, 2.05) is 6.20 Å². The van der Waals surface area contributed by atoms with E-state index < -0.39 is 0 Å². The van der Waals surface area contributed by atoms with Gasteiger partial charge in [0.25, 0.3) is 0 Å². The van der Waals surface area contributed by atoms with E-state index in [0.29, 0.717) is 12.0 Å². The lowest BCUT2D eigenvalue weighted by Gasteiger charge is -2.24. The first-order valence-electron chi connectivity index (χ1n) is 7.48. The van der Waals surface area contributed by atoms with Crippen LogP contribution >= 0.6 is 0 Å². The Morgan fingerprint density at radius 3 is 2.84 bits per heavy atom. The second kappa shape index (κ2) is 6.38. The molecule has 1 aromatic heterocycles. The van der Waals surface area contributed by atoms with Crippen molar-refractivity contribution in [3.63, 3.8) is 0 Å². The zero-order valence-electron chi connectivity index (χ0n) is 12.7. The van der Waals surface area contributed by atoms with Crippen molar-refractivity contribution in [3.8, 4) is 0 Å². The Morgan fingerprint density at radius 2 is 2.21 bits per heavy atom. The van der Waals surface area contributed by atoms with E-state index in [2.05, 4.69) is 55.0 Å². The summed E-state index contributed by atoms with van der Waals surface area (Å²) in [5.74, 6) is 1.48. The van der Waals surface area contributed by atoms with Gasteiger partial charge in [-0.3, -0.25) is 4.98 Å². The Labute approximate surface area is 117 Å². The summed E-state index contributed by atoms with van der Waals surface area (Å²) in [6.07, 6.45) is 3.24. The van der Waals surface area contributed by atoms with Crippen LogP contribution in [-0.4, -0.2) is 24.1 Å². The third kappa shape index (κ3) is 3.93. The predicted octanol–water partition coefficient (Wildman–Crippen LogP) is 3.06. The minimum Gasteiger partial charge on any atom is -0.368 e. The van der Waals surface area contributed by atoms with Crippen LogP contribution in [0.25, 0.3) is 0 Å². The summed E-state index contributed by atoms with van der Waals surface area (Å²) >= 11 is 0. The topological polar surface area (TPSA) is 28.2 Å². The fourth-order valence-corrected chi connectivity index (χ4v) is 2.89. The van der Waals surface area contributed by atoms with E-state index in [9.17, 15) is 0 Å². The maximum absolute atomic E-state index is 4.46. The summed E-state index contributed by atoms with van der Waals surface area (Å²) in [6.45, 7) is 12.2. The van der Waals surface area contributed by atoms with E-state index in [1.165, 1.54) is 18.7 Å². The van der Waals surface area contributed by atoms with Gasteiger partial charge in [-0.05, 0) is 43.9 Å². The number of pyridine rings is 1. The Kier molecular flexibility index (Phi) is 4.81. The van der Waals surface area contributed by atoms with Crippen molar-refractivity contribution >= 4 is 5.69 Å². The molecule has 2 heterocycles. The molecule has 0 radical (unpaired) electrons. The van der Waals surface area contributed by atoms with Gasteiger partial charge in [0.2, 0.25) is 0 Å². The predicted molar refractivity (Wildman–Crippen MR) is 81.4 cm³/mol. The average molecular weight is 261 g/mol. The highest BCUT2D eigenvalue weighted by Gasteiger charge is 2.26. The van der Waals surface area contributed by atoms with E-state index in [1.54, 1.807) is 0 Å². The largest absolute Gasteiger partial charge is 0.368 e. The van der Waals surface area contributed by atoms with Gasteiger partial charge in [0.1, 0.15) is 0 Å². The van der Waals surface area contributed by atoms with Gasteiger partial charge in [-0.15, -0.1) is 0 Å². The van der Waals surface area contributed by atoms with E-state index in [0.717, 1.165) is 24.7 Å². The Hall–Kier alpha value is -1.09. The van der Waals surface area contributed by atoms with Crippen LogP contribution in [0.1, 0.15) is 39.8 Å². The molecule has 1 saturated heterocycles. The summed E-state index contributed by atoms with van der Waals surface area (Å²) < 4.78 is 0. The molecule has 19 heavy (non-hydrogen) atoms. The Morgan fingerprint density at radius 1 is 1.42 bits per heavy atom. The van der Waals surface area contributed by atoms with E-state index >= 15 is 0 Å². The molecule has 106 valence electrons. The molecule has 1 aliphatic rings. The van der Waals surface area contributed by atoms with Crippen LogP contribution in [0.2, 0.25) is 0 Å². The molecular formula is C16H27N3. The maximum Gasteiger partial charge on any atom is 0.0562 e. The first-order valence-corrected chi connectivity index (χ1v) is 7.48. The molecule has 0 aliphatic carbocycles. The lowest BCUT2D eigenvalue weighted by atomic mass is 10.1. The number of anilines is 1. The van der Waals surface area contributed by atoms with Crippen molar-refractivity contribution in [1.29, 1.82) is 0 Å². The summed E-state index contributed by atoms with van der Waals surface area (Å²) in [6, 6.07) is 5.02. The molecule has 1 fully saturated rings. The van der Waals surface area contributed by atoms with E-state index in [-0.39, 0.29) is 0 Å². The smallest absolute Gasteiger partial charge is 0.0562 e. The van der Waals surface area contributed by atoms with Crippen molar-refractivity contribution in [3.05, 3.63) is 24.0 Å². The second-order valence-electron chi connectivity index (χ2n) is 6.37. The van der Waals surface area contributed by atoms with Crippen LogP contribution < -0.4 is 10.2 Å². The van der Waals surface area contributed by atoms with Gasteiger partial charge < -0.3 is 10.2 Å². The van der Waals surface area contributed by atoms with Crippen LogP contribution in [0.15, 0.2) is 18.3 Å². The molecule has 0 saturated carbocycles. The summed E-state index contributed by atoms with van der Waals surface area (Å²) in [4.78, 5) is 6.97. The molecule has 0 aromatic carbocycles. The van der Waals surface area contributed by atoms with Gasteiger partial charge in [-0.25, -0.2) is 0 Å². The first kappa shape index (κ1) is 14.3. The fraction of sp³-hybridized carbons (Fsp3) is 0.688. The lowest BCUT2D eigenvalue weighted by Crippen LogP contribution is -2.27. The van der Waals surface area contributed by atoms with Crippen LogP contribution in [-0.2, 0) is 6.54 Å². The highest BCUT2D eigenvalue weighted by molar-refractivity contribution is 5.48. The summed E-state index contributed by atoms with van der Waals surface area (Å²) in [5, 5.41) is 3.46. The van der Waals surface area contributed by atoms with Crippen molar-refractivity contribution in [2.45, 2.75) is 46.7 Å². The van der Waals surface area contributed by atoms with Crippen LogP contribution in [0.4, 0.5) is 5.69 Å². The van der Waals surface area contributed by atoms with Gasteiger partial charge in [0.05, 0.1) is 5.69 Å². The van der Waals surface area contributed by atoms with Crippen LogP contribution in [0, 0.1) is 11.8 Å². The standard InChI is InChI=1S/C16H27N3/c1-12(2)9-17-10-15-8-16(5-6-18-15)19-11-13(3)7-14(19)4/h5-6,8,12-14,17H,7,9-11H2,1-4H3. The third-order valence-electron chi connectivity index (χ3n) is 3.77. The van der Waals surface area contributed by atoms with Gasteiger partial charge >= 0.3 is 0 Å². The summed E-state index contributed by atoms with van der Waals surface area (Å²) in [5.41, 5.74) is 2.47. The zero-order chi connectivity index (χ0) is 13.8. The van der Waals surface area contributed by atoms with E-state index in [4.69, 9.17) is 0 Å². The number of aromatic nitrogens is 1. The molecule has 0 spiro atoms. The van der Waals surface area contributed by atoms with Crippen molar-refractivity contribution in [1.82, 2.24) is 10.3 Å². The first-order chi connectivity index (χ1) is 9.06. The maximum atomic E-state index is 4.46. The van der Waals surface area contributed by atoms with Crippen molar-refractivity contribution < 1.29 is 0 Å². The molecular weight excluding hydrogens is 234 g/mol. The van der Waals surface area contributed by atoms with Gasteiger partial charge in [-0.1, -0.05) is 20.8 Å². The molecule has 2 unspecified atom stereocenters. The molecule has 3 nitrogen and oxygen atoms in total. The molecule has 2 atom stereocenters. The minimum absolute atomic E-state index is 0.647. The molecule has 1 aliphatic heterocycles. The van der Waals surface area contributed by atoms with Gasteiger partial charge in [-0.2, -0.15) is 0 Å². The monoisotopic (exact) mass is 261 g/mol. The zero-order valence-corrected chi connectivity index (χ0v) is 12.7. The fourth-order valence-electron chi connectivity index (χ4n) is 2.89. The second-order valence-corrected chi connectivity index (χ2v) is 6.37. The highest BCUT2D eigenvalue weighted by Crippen LogP contribution is 2.28. The highest BCUT2D eigenvalue weighted by atomic mass is 15.2. The number of hydrogen-bond donors (Lipinski definition) is 1. The average Bonchev–Trinajstić information content (AvgIpc) is 2.68. The molecule has 2 rings (SSSR count). The molecule has 1 aromatic rings. The molecule has 0 amide bonds. The van der Waals surface area contributed by atoms with Crippen molar-refractivity contribution in [2.75, 3.05) is 18.0 Å². The quantitative estimate of drug-likeness (QED) is 0.883. The minimum atomic E-state index is 0.647. The van der Waals surface area contributed by atoms with Crippen LogP contribution in [0.3, 0.4) is 0 Å². The number of rotatable bonds is 5. The van der Waals surface area contributed by atoms with Gasteiger partial charge in [0, 0.05) is 31.0 Å². The van der Waals surface area contributed by atoms with Crippen molar-refractivity contribution in [2.24, 2.45) is 11.8 Å².